The van der Waals surface area contributed by atoms with Gasteiger partial charge in [-0.2, -0.15) is 0 Å². The summed E-state index contributed by atoms with van der Waals surface area (Å²) in [4.78, 5) is 45.5. The smallest absolute Gasteiger partial charge is 0.207 e. The normalized spacial score (nSPS) is 50.5. The van der Waals surface area contributed by atoms with Crippen LogP contribution in [0.5, 0.6) is 0 Å². The minimum atomic E-state index is -1.84. The third-order valence-electron chi connectivity index (χ3n) is 11.3. The second-order valence-electron chi connectivity index (χ2n) is 15.1. The van der Waals surface area contributed by atoms with Crippen LogP contribution >= 0.6 is 0 Å². The molecule has 338 valence electrons. The Morgan fingerprint density at radius 3 is 1.08 bits per heavy atom. The highest BCUT2D eigenvalue weighted by Crippen LogP contribution is 2.36. The van der Waals surface area contributed by atoms with E-state index in [1.54, 1.807) is 0 Å². The maximum absolute atomic E-state index is 11.7. The van der Waals surface area contributed by atoms with E-state index in [9.17, 15) is 60.0 Å². The highest BCUT2D eigenvalue weighted by atomic mass is 16.8. The number of ether oxygens (including phenoxy) is 9. The number of carbonyl (C=O) groups excluding carboxylic acids is 4. The third-order valence-corrected chi connectivity index (χ3v) is 11.3. The molecule has 12 N–H and O–H groups in total. The summed E-state index contributed by atoms with van der Waals surface area (Å²) in [5.74, 6) is 0. The average molecular weight is 857 g/mol. The molecule has 0 radical (unpaired) electrons. The number of hydrogen-bond acceptors (Lipinski definition) is 21. The minimum absolute atomic E-state index is 0.286. The van der Waals surface area contributed by atoms with Gasteiger partial charge in [-0.15, -0.1) is 0 Å². The Balaban J connectivity index is 1.46. The largest absolute Gasteiger partial charge is 0.388 e. The van der Waals surface area contributed by atoms with Crippen LogP contribution in [0.4, 0.5) is 0 Å². The Hall–Kier alpha value is -2.80. The van der Waals surface area contributed by atoms with E-state index in [0.29, 0.717) is 19.2 Å². The lowest BCUT2D eigenvalue weighted by Gasteiger charge is -2.51. The van der Waals surface area contributed by atoms with Gasteiger partial charge in [0, 0.05) is 0 Å². The lowest BCUT2D eigenvalue weighted by molar-refractivity contribution is -0.399. The molecule has 0 bridgehead atoms. The standard InChI is InChI=1S/C34H56N4O21/c1-10-16(36-7-40)21(45)26(30(50)51-10)56-34-29(24(48)19(43)14(5)55-34)59-33-28(23(47)18(38-9-42)13(4)54-33)58-32-27(22(46)17(37-8-41)12(3)53-32)57-31-25(49)20(44)15(35-6-39)11(2)52-31/h6-34,43-50H,1-5H3,(H,35,39)(H,36,40)(H,37,41)(H,38,42)/t10-,11-,12-,13-,14-,15-,16-,17-,18-,19-,20+,21+,22+,23+,24+,25+,26+,27+,28+,29+,30?,31-,32-,33-,34-/m1/s1. The number of amides is 4. The van der Waals surface area contributed by atoms with Crippen LogP contribution in [0, 0.1) is 0 Å². The van der Waals surface area contributed by atoms with E-state index in [2.05, 4.69) is 21.3 Å². The Bertz CT molecular complexity index is 1390. The lowest BCUT2D eigenvalue weighted by atomic mass is 9.94. The third kappa shape index (κ3) is 9.97. The molecule has 25 atom stereocenters. The molecule has 1 unspecified atom stereocenters. The molecule has 25 nitrogen and oxygen atoms in total. The zero-order valence-electron chi connectivity index (χ0n) is 32.6. The van der Waals surface area contributed by atoms with Crippen LogP contribution in [-0.4, -0.2) is 220 Å². The highest BCUT2D eigenvalue weighted by Gasteiger charge is 2.56. The van der Waals surface area contributed by atoms with Gasteiger partial charge >= 0.3 is 0 Å². The van der Waals surface area contributed by atoms with E-state index >= 15 is 0 Å². The molecule has 5 saturated heterocycles. The summed E-state index contributed by atoms with van der Waals surface area (Å²) in [5.41, 5.74) is 0. The molecule has 5 aliphatic rings. The summed E-state index contributed by atoms with van der Waals surface area (Å²) >= 11 is 0. The summed E-state index contributed by atoms with van der Waals surface area (Å²) in [7, 11) is 0. The molecule has 0 aliphatic carbocycles. The first-order chi connectivity index (χ1) is 28.0. The molecular weight excluding hydrogens is 800 g/mol. The van der Waals surface area contributed by atoms with E-state index in [0.717, 1.165) is 0 Å². The molecule has 5 rings (SSSR count). The van der Waals surface area contributed by atoms with Gasteiger partial charge in [-0.25, -0.2) is 0 Å². The molecule has 0 saturated carbocycles. The quantitative estimate of drug-likeness (QED) is 0.0642. The molecule has 5 heterocycles. The van der Waals surface area contributed by atoms with Gasteiger partial charge in [0.1, 0.15) is 67.1 Å². The summed E-state index contributed by atoms with van der Waals surface area (Å²) in [6, 6.07) is -4.50. The lowest BCUT2D eigenvalue weighted by Crippen LogP contribution is -2.70. The van der Waals surface area contributed by atoms with Crippen molar-refractivity contribution in [1.29, 1.82) is 0 Å². The molecule has 4 amide bonds. The zero-order chi connectivity index (χ0) is 43.5. The zero-order valence-corrected chi connectivity index (χ0v) is 32.6. The molecule has 0 aromatic carbocycles. The molecule has 25 heteroatoms. The van der Waals surface area contributed by atoms with Crippen molar-refractivity contribution in [1.82, 2.24) is 21.3 Å². The second kappa shape index (κ2) is 20.4. The van der Waals surface area contributed by atoms with Crippen molar-refractivity contribution in [2.45, 2.75) is 188 Å². The molecule has 59 heavy (non-hydrogen) atoms. The molecule has 0 aromatic heterocycles. The number of carbonyl (C=O) groups is 4. The molecule has 5 fully saturated rings. The Morgan fingerprint density at radius 2 is 0.661 bits per heavy atom. The maximum atomic E-state index is 11.7. The number of nitrogens with one attached hydrogen (secondary N) is 4. The Labute approximate surface area is 337 Å². The van der Waals surface area contributed by atoms with Crippen molar-refractivity contribution in [2.75, 3.05) is 0 Å². The second-order valence-corrected chi connectivity index (χ2v) is 15.1. The van der Waals surface area contributed by atoms with Gasteiger partial charge < -0.3 is 105 Å². The number of rotatable bonds is 16. The van der Waals surface area contributed by atoms with Gasteiger partial charge in [0.2, 0.25) is 25.6 Å². The van der Waals surface area contributed by atoms with Gasteiger partial charge in [-0.1, -0.05) is 0 Å². The molecule has 0 spiro atoms. The predicted molar refractivity (Wildman–Crippen MR) is 187 cm³/mol. The minimum Gasteiger partial charge on any atom is -0.388 e. The number of aliphatic hydroxyl groups excluding tert-OH is 8. The molecular formula is C34H56N4O21. The monoisotopic (exact) mass is 856 g/mol. The average Bonchev–Trinajstić information content (AvgIpc) is 3.18. The van der Waals surface area contributed by atoms with Crippen molar-refractivity contribution in [3.63, 3.8) is 0 Å². The first-order valence-corrected chi connectivity index (χ1v) is 19.1. The number of hydrogen-bond donors (Lipinski definition) is 12. The topological polar surface area (TPSA) is 361 Å². The van der Waals surface area contributed by atoms with E-state index in [-0.39, 0.29) is 6.41 Å². The predicted octanol–water partition coefficient (Wildman–Crippen LogP) is -7.77. The fourth-order valence-corrected chi connectivity index (χ4v) is 7.99. The summed E-state index contributed by atoms with van der Waals surface area (Å²) in [5, 5.41) is 98.6. The first kappa shape index (κ1) is 47.3. The van der Waals surface area contributed by atoms with Gasteiger partial charge in [0.05, 0.1) is 54.7 Å². The van der Waals surface area contributed by atoms with Gasteiger partial charge in [-0.3, -0.25) is 19.2 Å². The van der Waals surface area contributed by atoms with Crippen LogP contribution in [0.1, 0.15) is 34.6 Å². The van der Waals surface area contributed by atoms with E-state index < -0.39 is 153 Å². The number of aliphatic hydroxyl groups is 8. The summed E-state index contributed by atoms with van der Waals surface area (Å²) < 4.78 is 53.4. The first-order valence-electron chi connectivity index (χ1n) is 19.1. The molecule has 0 aromatic rings. The van der Waals surface area contributed by atoms with Crippen LogP contribution in [-0.2, 0) is 61.8 Å². The van der Waals surface area contributed by atoms with Crippen LogP contribution < -0.4 is 21.3 Å². The van der Waals surface area contributed by atoms with Gasteiger partial charge in [0.25, 0.3) is 0 Å². The van der Waals surface area contributed by atoms with Crippen LogP contribution in [0.25, 0.3) is 0 Å². The maximum Gasteiger partial charge on any atom is 0.207 e. The van der Waals surface area contributed by atoms with Crippen molar-refractivity contribution in [3.05, 3.63) is 0 Å². The summed E-state index contributed by atoms with van der Waals surface area (Å²) in [6.45, 7) is 7.25. The SMILES string of the molecule is C[C@H]1O[C@H](O[C@@H]2C(O)O[C@H](C)[C@@H](NC=O)[C@@H]2O)[C@@H](O[C@H]2O[C@H](C)[C@@H](NC=O)[C@H](O)[C@@H]2O[C@H]2O[C@H](C)[C@@H](NC=O)[C@H](O)[C@@H]2O[C@H]2O[C@H](C)[C@@H](NC=O)[C@H](O)[C@@H]2O)[C@@H](O)[C@@H]1O. The van der Waals surface area contributed by atoms with Crippen molar-refractivity contribution < 1.29 is 103 Å². The van der Waals surface area contributed by atoms with Gasteiger partial charge in [0.15, 0.2) is 31.5 Å². The van der Waals surface area contributed by atoms with Crippen molar-refractivity contribution >= 4 is 25.6 Å². The van der Waals surface area contributed by atoms with Crippen LogP contribution in [0.15, 0.2) is 0 Å². The highest BCUT2D eigenvalue weighted by molar-refractivity contribution is 5.48. The van der Waals surface area contributed by atoms with E-state index in [4.69, 9.17) is 42.6 Å². The van der Waals surface area contributed by atoms with E-state index in [1.807, 2.05) is 0 Å². The fourth-order valence-electron chi connectivity index (χ4n) is 7.99. The van der Waals surface area contributed by atoms with Gasteiger partial charge in [-0.05, 0) is 34.6 Å². The summed E-state index contributed by atoms with van der Waals surface area (Å²) in [6.07, 6.45) is -31.5. The van der Waals surface area contributed by atoms with E-state index in [1.165, 1.54) is 34.6 Å². The van der Waals surface area contributed by atoms with Crippen molar-refractivity contribution in [3.8, 4) is 0 Å². The van der Waals surface area contributed by atoms with Crippen molar-refractivity contribution in [2.24, 2.45) is 0 Å². The Kier molecular flexibility index (Phi) is 16.3. The van der Waals surface area contributed by atoms with Crippen LogP contribution in [0.2, 0.25) is 0 Å². The van der Waals surface area contributed by atoms with Crippen LogP contribution in [0.3, 0.4) is 0 Å². The fraction of sp³-hybridized carbons (Fsp3) is 0.882. The molecule has 5 aliphatic heterocycles. The Morgan fingerprint density at radius 1 is 0.356 bits per heavy atom.